The van der Waals surface area contributed by atoms with Gasteiger partial charge < -0.3 is 10.1 Å². The summed E-state index contributed by atoms with van der Waals surface area (Å²) in [6, 6.07) is 1.78. The lowest BCUT2D eigenvalue weighted by Crippen LogP contribution is -2.46. The van der Waals surface area contributed by atoms with Gasteiger partial charge in [0, 0.05) is 37.0 Å². The lowest BCUT2D eigenvalue weighted by molar-refractivity contribution is 0.0184. The van der Waals surface area contributed by atoms with E-state index in [2.05, 4.69) is 12.2 Å². The summed E-state index contributed by atoms with van der Waals surface area (Å²) in [5, 5.41) is 4.95. The Morgan fingerprint density at radius 1 is 1.52 bits per heavy atom. The lowest BCUT2D eigenvalue weighted by atomic mass is 9.97. The molecule has 1 aliphatic heterocycles. The van der Waals surface area contributed by atoms with E-state index in [0.29, 0.717) is 30.4 Å². The highest BCUT2D eigenvalue weighted by atomic mass is 32.2. The van der Waals surface area contributed by atoms with Gasteiger partial charge in [0.05, 0.1) is 11.0 Å². The van der Waals surface area contributed by atoms with Crippen LogP contribution in [0.25, 0.3) is 0 Å². The van der Waals surface area contributed by atoms with Crippen molar-refractivity contribution < 1.29 is 13.2 Å². The number of methoxy groups -OCH3 is 1. The molecule has 5 nitrogen and oxygen atoms in total. The molecule has 120 valence electrons. The van der Waals surface area contributed by atoms with Crippen molar-refractivity contribution in [2.45, 2.75) is 37.8 Å². The van der Waals surface area contributed by atoms with Gasteiger partial charge in [0.1, 0.15) is 0 Å². The minimum absolute atomic E-state index is 0.0200. The monoisotopic (exact) mass is 332 g/mol. The largest absolute Gasteiger partial charge is 0.380 e. The van der Waals surface area contributed by atoms with Crippen LogP contribution >= 0.6 is 11.3 Å². The van der Waals surface area contributed by atoms with Crippen LogP contribution in [0.2, 0.25) is 0 Å². The number of hydrogen-bond acceptors (Lipinski definition) is 5. The quantitative estimate of drug-likeness (QED) is 0.864. The number of rotatable bonds is 6. The van der Waals surface area contributed by atoms with Crippen LogP contribution in [0.1, 0.15) is 25.1 Å². The Bertz CT molecular complexity index is 556. The summed E-state index contributed by atoms with van der Waals surface area (Å²) < 4.78 is 32.4. The SMILES string of the molecule is CCNCc1cc(S(=O)(=O)N2CCC(C)C(OC)C2)cs1. The van der Waals surface area contributed by atoms with Gasteiger partial charge in [-0.1, -0.05) is 13.8 Å². The van der Waals surface area contributed by atoms with Gasteiger partial charge in [-0.3, -0.25) is 0 Å². The van der Waals surface area contributed by atoms with Crippen LogP contribution in [0.15, 0.2) is 16.3 Å². The number of thiophene rings is 1. The Labute approximate surface area is 131 Å². The van der Waals surface area contributed by atoms with E-state index in [4.69, 9.17) is 4.74 Å². The summed E-state index contributed by atoms with van der Waals surface area (Å²) in [6.45, 7) is 6.75. The minimum atomic E-state index is -3.40. The van der Waals surface area contributed by atoms with Crippen molar-refractivity contribution >= 4 is 21.4 Å². The second kappa shape index (κ2) is 7.19. The Balaban J connectivity index is 2.12. The van der Waals surface area contributed by atoms with Gasteiger partial charge in [0.15, 0.2) is 0 Å². The molecule has 0 aromatic carbocycles. The van der Waals surface area contributed by atoms with Gasteiger partial charge in [-0.05, 0) is 24.9 Å². The number of nitrogens with one attached hydrogen (secondary N) is 1. The fourth-order valence-electron chi connectivity index (χ4n) is 2.52. The van der Waals surface area contributed by atoms with Crippen molar-refractivity contribution in [1.29, 1.82) is 0 Å². The third-order valence-corrected chi connectivity index (χ3v) is 6.90. The van der Waals surface area contributed by atoms with Crippen LogP contribution in [0.5, 0.6) is 0 Å². The van der Waals surface area contributed by atoms with Crippen molar-refractivity contribution in [1.82, 2.24) is 9.62 Å². The molecule has 7 heteroatoms. The molecule has 0 radical (unpaired) electrons. The van der Waals surface area contributed by atoms with Crippen LogP contribution < -0.4 is 5.32 Å². The fourth-order valence-corrected chi connectivity index (χ4v) is 5.22. The highest BCUT2D eigenvalue weighted by molar-refractivity contribution is 7.89. The predicted molar refractivity (Wildman–Crippen MR) is 85.0 cm³/mol. The number of piperidine rings is 1. The topological polar surface area (TPSA) is 58.6 Å². The van der Waals surface area contributed by atoms with Gasteiger partial charge in [-0.15, -0.1) is 11.3 Å². The van der Waals surface area contributed by atoms with E-state index in [1.54, 1.807) is 22.9 Å². The van der Waals surface area contributed by atoms with E-state index in [1.165, 1.54) is 11.3 Å². The summed E-state index contributed by atoms with van der Waals surface area (Å²) in [4.78, 5) is 1.45. The van der Waals surface area contributed by atoms with Gasteiger partial charge in [0.25, 0.3) is 0 Å². The van der Waals surface area contributed by atoms with Crippen molar-refractivity contribution in [2.24, 2.45) is 5.92 Å². The molecule has 1 aromatic heterocycles. The molecule has 1 aromatic rings. The highest BCUT2D eigenvalue weighted by Gasteiger charge is 2.34. The van der Waals surface area contributed by atoms with Gasteiger partial charge >= 0.3 is 0 Å². The molecule has 1 fully saturated rings. The molecule has 1 saturated heterocycles. The molecule has 0 spiro atoms. The number of ether oxygens (including phenoxy) is 1. The molecule has 2 atom stereocenters. The van der Waals surface area contributed by atoms with Gasteiger partial charge in [-0.2, -0.15) is 4.31 Å². The van der Waals surface area contributed by atoms with Crippen molar-refractivity contribution in [3.8, 4) is 0 Å². The molecular weight excluding hydrogens is 308 g/mol. The Morgan fingerprint density at radius 2 is 2.29 bits per heavy atom. The molecule has 0 bridgehead atoms. The molecule has 0 saturated carbocycles. The Hall–Kier alpha value is -0.470. The molecule has 1 aliphatic rings. The predicted octanol–water partition coefficient (Wildman–Crippen LogP) is 1.90. The van der Waals surface area contributed by atoms with Crippen LogP contribution in [-0.4, -0.2) is 45.6 Å². The maximum Gasteiger partial charge on any atom is 0.243 e. The van der Waals surface area contributed by atoms with Crippen molar-refractivity contribution in [3.63, 3.8) is 0 Å². The fraction of sp³-hybridized carbons (Fsp3) is 0.714. The summed E-state index contributed by atoms with van der Waals surface area (Å²) in [5.74, 6) is 0.397. The van der Waals surface area contributed by atoms with E-state index < -0.39 is 10.0 Å². The first-order valence-corrected chi connectivity index (χ1v) is 9.62. The maximum atomic E-state index is 12.7. The van der Waals surface area contributed by atoms with Crippen molar-refractivity contribution in [3.05, 3.63) is 16.3 Å². The first-order chi connectivity index (χ1) is 9.98. The molecule has 0 amide bonds. The molecular formula is C14H24N2O3S2. The van der Waals surface area contributed by atoms with E-state index in [1.807, 2.05) is 6.92 Å². The second-order valence-corrected chi connectivity index (χ2v) is 8.37. The molecule has 21 heavy (non-hydrogen) atoms. The lowest BCUT2D eigenvalue weighted by Gasteiger charge is -2.35. The Morgan fingerprint density at radius 3 is 2.95 bits per heavy atom. The van der Waals surface area contributed by atoms with E-state index in [-0.39, 0.29) is 6.10 Å². The zero-order chi connectivity index (χ0) is 15.5. The highest BCUT2D eigenvalue weighted by Crippen LogP contribution is 2.27. The van der Waals surface area contributed by atoms with E-state index >= 15 is 0 Å². The zero-order valence-electron chi connectivity index (χ0n) is 12.8. The third kappa shape index (κ3) is 3.84. The smallest absolute Gasteiger partial charge is 0.243 e. The minimum Gasteiger partial charge on any atom is -0.380 e. The molecule has 2 heterocycles. The molecule has 2 rings (SSSR count). The van der Waals surface area contributed by atoms with Crippen LogP contribution in [-0.2, 0) is 21.3 Å². The van der Waals surface area contributed by atoms with Gasteiger partial charge in [0.2, 0.25) is 10.0 Å². The van der Waals surface area contributed by atoms with Gasteiger partial charge in [-0.25, -0.2) is 8.42 Å². The van der Waals surface area contributed by atoms with E-state index in [0.717, 1.165) is 17.8 Å². The summed E-state index contributed by atoms with van der Waals surface area (Å²) in [6.07, 6.45) is 0.819. The van der Waals surface area contributed by atoms with Crippen molar-refractivity contribution in [2.75, 3.05) is 26.7 Å². The first-order valence-electron chi connectivity index (χ1n) is 7.30. The number of nitrogens with zero attached hydrogens (tertiary/aromatic N) is 1. The summed E-state index contributed by atoms with van der Waals surface area (Å²) in [5.41, 5.74) is 0. The standard InChI is InChI=1S/C14H24N2O3S2/c1-4-15-8-12-7-13(10-20-12)21(17,18)16-6-5-11(2)14(9-16)19-3/h7,10-11,14-15H,4-6,8-9H2,1-3H3. The second-order valence-electron chi connectivity index (χ2n) is 5.43. The average Bonchev–Trinajstić information content (AvgIpc) is 2.95. The number of hydrogen-bond donors (Lipinski definition) is 1. The third-order valence-electron chi connectivity index (χ3n) is 3.97. The first kappa shape index (κ1) is 16.9. The maximum absolute atomic E-state index is 12.7. The van der Waals surface area contributed by atoms with Crippen LogP contribution in [0, 0.1) is 5.92 Å². The molecule has 1 N–H and O–H groups in total. The Kier molecular flexibility index (Phi) is 5.79. The van der Waals surface area contributed by atoms with Crippen LogP contribution in [0.3, 0.4) is 0 Å². The molecule has 2 unspecified atom stereocenters. The summed E-state index contributed by atoms with van der Waals surface area (Å²) in [7, 11) is -1.75. The zero-order valence-corrected chi connectivity index (χ0v) is 14.5. The van der Waals surface area contributed by atoms with E-state index in [9.17, 15) is 8.42 Å². The number of sulfonamides is 1. The normalized spacial score (nSPS) is 24.3. The molecule has 0 aliphatic carbocycles. The average molecular weight is 332 g/mol. The summed E-state index contributed by atoms with van der Waals surface area (Å²) >= 11 is 1.49. The van der Waals surface area contributed by atoms with Crippen LogP contribution in [0.4, 0.5) is 0 Å².